The van der Waals surface area contributed by atoms with Crippen molar-refractivity contribution in [2.75, 3.05) is 25.6 Å². The molecule has 2 aromatic rings. The van der Waals surface area contributed by atoms with E-state index in [1.807, 2.05) is 20.9 Å². The first-order chi connectivity index (χ1) is 10.9. The summed E-state index contributed by atoms with van der Waals surface area (Å²) >= 11 is 1.35. The van der Waals surface area contributed by atoms with Gasteiger partial charge in [0.25, 0.3) is 0 Å². The minimum absolute atomic E-state index is 0.158. The van der Waals surface area contributed by atoms with E-state index in [-0.39, 0.29) is 12.1 Å². The molecule has 1 aliphatic carbocycles. The topological polar surface area (TPSA) is 75.5 Å². The number of fused-ring (bicyclic) bond motifs is 1. The zero-order valence-electron chi connectivity index (χ0n) is 13.8. The smallest absolute Gasteiger partial charge is 0.348 e. The van der Waals surface area contributed by atoms with Crippen LogP contribution in [-0.4, -0.2) is 47.8 Å². The Bertz CT molecular complexity index is 753. The number of aryl methyl sites for hydroxylation is 2. The molecule has 124 valence electrons. The Balaban J connectivity index is 2.01. The van der Waals surface area contributed by atoms with E-state index in [9.17, 15) is 9.90 Å². The number of methoxy groups -OCH3 is 1. The quantitative estimate of drug-likeness (QED) is 0.864. The van der Waals surface area contributed by atoms with E-state index >= 15 is 0 Å². The van der Waals surface area contributed by atoms with Crippen molar-refractivity contribution in [1.82, 2.24) is 9.97 Å². The van der Waals surface area contributed by atoms with Crippen molar-refractivity contribution in [2.45, 2.75) is 32.8 Å². The number of nitrogens with zero attached hydrogens (tertiary/aromatic N) is 3. The monoisotopic (exact) mass is 335 g/mol. The summed E-state index contributed by atoms with van der Waals surface area (Å²) in [5.74, 6) is 1.68. The molecule has 0 aliphatic heterocycles. The van der Waals surface area contributed by atoms with E-state index in [0.717, 1.165) is 41.0 Å². The van der Waals surface area contributed by atoms with Crippen molar-refractivity contribution in [3.63, 3.8) is 0 Å². The number of aliphatic hydroxyl groups excluding tert-OH is 1. The van der Waals surface area contributed by atoms with Gasteiger partial charge < -0.3 is 14.7 Å². The summed E-state index contributed by atoms with van der Waals surface area (Å²) in [6.45, 7) is 4.61. The summed E-state index contributed by atoms with van der Waals surface area (Å²) in [5, 5.41) is 10.4. The maximum Gasteiger partial charge on any atom is 0.348 e. The van der Waals surface area contributed by atoms with E-state index in [0.29, 0.717) is 16.6 Å². The van der Waals surface area contributed by atoms with Crippen molar-refractivity contribution >= 4 is 33.3 Å². The van der Waals surface area contributed by atoms with Crippen LogP contribution in [0.1, 0.15) is 33.9 Å². The van der Waals surface area contributed by atoms with Crippen molar-refractivity contribution in [1.29, 1.82) is 0 Å². The number of esters is 1. The van der Waals surface area contributed by atoms with Crippen molar-refractivity contribution in [3.8, 4) is 0 Å². The normalized spacial score (nSPS) is 20.4. The van der Waals surface area contributed by atoms with Gasteiger partial charge in [-0.1, -0.05) is 0 Å². The molecule has 1 N–H and O–H groups in total. The highest BCUT2D eigenvalue weighted by Gasteiger charge is 2.29. The molecule has 0 aromatic carbocycles. The molecule has 1 fully saturated rings. The predicted octanol–water partition coefficient (Wildman–Crippen LogP) is 2.30. The van der Waals surface area contributed by atoms with E-state index in [1.165, 1.54) is 18.4 Å². The molecule has 2 aromatic heterocycles. The second-order valence-electron chi connectivity index (χ2n) is 6.19. The van der Waals surface area contributed by atoms with Crippen LogP contribution in [0.25, 0.3) is 10.2 Å². The van der Waals surface area contributed by atoms with Gasteiger partial charge in [-0.15, -0.1) is 11.3 Å². The third-order valence-corrected chi connectivity index (χ3v) is 5.52. The third kappa shape index (κ3) is 2.90. The van der Waals surface area contributed by atoms with Crippen LogP contribution in [0.2, 0.25) is 0 Å². The highest BCUT2D eigenvalue weighted by molar-refractivity contribution is 7.20. The van der Waals surface area contributed by atoms with Gasteiger partial charge in [0.1, 0.15) is 21.3 Å². The van der Waals surface area contributed by atoms with Gasteiger partial charge in [-0.05, 0) is 38.2 Å². The summed E-state index contributed by atoms with van der Waals surface area (Å²) < 4.78 is 4.86. The van der Waals surface area contributed by atoms with Gasteiger partial charge >= 0.3 is 5.97 Å². The molecule has 0 radical (unpaired) electrons. The van der Waals surface area contributed by atoms with Crippen molar-refractivity contribution in [2.24, 2.45) is 5.92 Å². The summed E-state index contributed by atoms with van der Waals surface area (Å²) in [6.07, 6.45) is 1.52. The number of hydrogen-bond donors (Lipinski definition) is 1. The molecule has 3 rings (SSSR count). The van der Waals surface area contributed by atoms with Crippen LogP contribution < -0.4 is 4.90 Å². The van der Waals surface area contributed by atoms with E-state index in [1.54, 1.807) is 0 Å². The first-order valence-corrected chi connectivity index (χ1v) is 8.47. The Kier molecular flexibility index (Phi) is 4.25. The second-order valence-corrected chi connectivity index (χ2v) is 7.19. The summed E-state index contributed by atoms with van der Waals surface area (Å²) in [6, 6.07) is 0. The van der Waals surface area contributed by atoms with Gasteiger partial charge in [0.2, 0.25) is 0 Å². The molecular weight excluding hydrogens is 314 g/mol. The van der Waals surface area contributed by atoms with Crippen LogP contribution in [0.3, 0.4) is 0 Å². The molecule has 0 bridgehead atoms. The maximum absolute atomic E-state index is 11.9. The molecule has 23 heavy (non-hydrogen) atoms. The van der Waals surface area contributed by atoms with Gasteiger partial charge in [0.05, 0.1) is 18.6 Å². The predicted molar refractivity (Wildman–Crippen MR) is 90.2 cm³/mol. The molecule has 0 saturated heterocycles. The van der Waals surface area contributed by atoms with Crippen molar-refractivity contribution in [3.05, 3.63) is 16.3 Å². The molecular formula is C16H21N3O3S. The molecule has 6 nitrogen and oxygen atoms in total. The molecule has 1 saturated carbocycles. The number of anilines is 1. The lowest BCUT2D eigenvalue weighted by Crippen LogP contribution is -2.37. The number of ether oxygens (including phenoxy) is 1. The van der Waals surface area contributed by atoms with Gasteiger partial charge in [-0.2, -0.15) is 0 Å². The van der Waals surface area contributed by atoms with Crippen LogP contribution in [0.5, 0.6) is 0 Å². The van der Waals surface area contributed by atoms with E-state index < -0.39 is 0 Å². The fourth-order valence-electron chi connectivity index (χ4n) is 3.11. The largest absolute Gasteiger partial charge is 0.465 e. The third-order valence-electron chi connectivity index (χ3n) is 4.36. The average molecular weight is 335 g/mol. The van der Waals surface area contributed by atoms with Gasteiger partial charge in [0.15, 0.2) is 0 Å². The lowest BCUT2D eigenvalue weighted by atomic mass is 9.82. The fourth-order valence-corrected chi connectivity index (χ4v) is 4.25. The SMILES string of the molecule is COC(=O)c1sc2nc(C)nc(N(C)CC3CC(O)C3)c2c1C. The summed E-state index contributed by atoms with van der Waals surface area (Å²) in [7, 11) is 3.39. The lowest BCUT2D eigenvalue weighted by molar-refractivity contribution is 0.0464. The van der Waals surface area contributed by atoms with Crippen molar-refractivity contribution < 1.29 is 14.6 Å². The Labute approximate surface area is 139 Å². The zero-order valence-corrected chi connectivity index (χ0v) is 14.6. The number of carbonyl (C=O) groups excluding carboxylic acids is 1. The number of rotatable bonds is 4. The number of aliphatic hydroxyl groups is 1. The minimum Gasteiger partial charge on any atom is -0.465 e. The second kappa shape index (κ2) is 6.05. The van der Waals surface area contributed by atoms with Crippen LogP contribution in [-0.2, 0) is 4.74 Å². The number of carbonyl (C=O) groups is 1. The highest BCUT2D eigenvalue weighted by Crippen LogP contribution is 2.37. The summed E-state index contributed by atoms with van der Waals surface area (Å²) in [4.78, 5) is 24.5. The molecule has 0 atom stereocenters. The van der Waals surface area contributed by atoms with Gasteiger partial charge in [0, 0.05) is 13.6 Å². The van der Waals surface area contributed by atoms with E-state index in [4.69, 9.17) is 4.74 Å². The zero-order chi connectivity index (χ0) is 16.7. The Hall–Kier alpha value is -1.73. The standard InChI is InChI=1S/C16H21N3O3S/c1-8-12-14(19(3)7-10-5-11(20)6-10)17-9(2)18-15(12)23-13(8)16(21)22-4/h10-11,20H,5-7H2,1-4H3. The average Bonchev–Trinajstić information content (AvgIpc) is 2.80. The first-order valence-electron chi connectivity index (χ1n) is 7.66. The van der Waals surface area contributed by atoms with Gasteiger partial charge in [-0.3, -0.25) is 0 Å². The number of hydrogen-bond acceptors (Lipinski definition) is 7. The Morgan fingerprint density at radius 1 is 1.39 bits per heavy atom. The maximum atomic E-state index is 11.9. The Morgan fingerprint density at radius 3 is 2.70 bits per heavy atom. The number of aromatic nitrogens is 2. The molecule has 7 heteroatoms. The molecule has 0 spiro atoms. The first kappa shape index (κ1) is 16.1. The van der Waals surface area contributed by atoms with Crippen LogP contribution in [0.4, 0.5) is 5.82 Å². The highest BCUT2D eigenvalue weighted by atomic mass is 32.1. The van der Waals surface area contributed by atoms with Crippen LogP contribution in [0.15, 0.2) is 0 Å². The Morgan fingerprint density at radius 2 is 2.09 bits per heavy atom. The summed E-state index contributed by atoms with van der Waals surface area (Å²) in [5.41, 5.74) is 0.868. The molecule has 0 amide bonds. The fraction of sp³-hybridized carbons (Fsp3) is 0.562. The van der Waals surface area contributed by atoms with Crippen LogP contribution in [0, 0.1) is 19.8 Å². The molecule has 1 aliphatic rings. The number of thiophene rings is 1. The lowest BCUT2D eigenvalue weighted by Gasteiger charge is -2.35. The molecule has 0 unspecified atom stereocenters. The molecule has 2 heterocycles. The van der Waals surface area contributed by atoms with Gasteiger partial charge in [-0.25, -0.2) is 14.8 Å². The van der Waals surface area contributed by atoms with Crippen LogP contribution >= 0.6 is 11.3 Å². The van der Waals surface area contributed by atoms with E-state index in [2.05, 4.69) is 14.9 Å². The minimum atomic E-state index is -0.334.